The molecule has 0 aliphatic carbocycles. The van der Waals surface area contributed by atoms with Crippen LogP contribution in [0.5, 0.6) is 0 Å². The molecule has 2 nitrogen and oxygen atoms in total. The molecule has 0 spiro atoms. The number of furan rings is 1. The third-order valence-electron chi connectivity index (χ3n) is 5.91. The quantitative estimate of drug-likeness (QED) is 0.274. The van der Waals surface area contributed by atoms with Crippen molar-refractivity contribution in [2.45, 2.75) is 26.2 Å². The van der Waals surface area contributed by atoms with E-state index < -0.39 is 0 Å². The minimum Gasteiger partial charge on any atom is -0.463 e. The minimum absolute atomic E-state index is 0.0422. The van der Waals surface area contributed by atoms with Gasteiger partial charge in [-0.1, -0.05) is 57.2 Å². The first-order chi connectivity index (χ1) is 14.5. The summed E-state index contributed by atoms with van der Waals surface area (Å²) in [4.78, 5) is 4.87. The van der Waals surface area contributed by atoms with Gasteiger partial charge in [0.25, 0.3) is 0 Å². The summed E-state index contributed by atoms with van der Waals surface area (Å²) >= 11 is 1.78. The number of aromatic nitrogens is 1. The summed E-state index contributed by atoms with van der Waals surface area (Å²) in [5, 5.41) is 6.14. The predicted molar refractivity (Wildman–Crippen MR) is 129 cm³/mol. The maximum Gasteiger partial charge on any atom is 0.151 e. The molecule has 3 aromatic heterocycles. The molecule has 0 N–H and O–H groups in total. The van der Waals surface area contributed by atoms with Gasteiger partial charge < -0.3 is 4.42 Å². The number of hydrogen-bond acceptors (Lipinski definition) is 3. The van der Waals surface area contributed by atoms with Gasteiger partial charge in [0.15, 0.2) is 5.58 Å². The molecule has 3 aromatic carbocycles. The Morgan fingerprint density at radius 2 is 1.73 bits per heavy atom. The lowest BCUT2D eigenvalue weighted by atomic mass is 9.82. The lowest BCUT2D eigenvalue weighted by Gasteiger charge is -2.23. The van der Waals surface area contributed by atoms with Crippen LogP contribution in [-0.2, 0) is 5.41 Å². The smallest absolute Gasteiger partial charge is 0.151 e. The van der Waals surface area contributed by atoms with Crippen LogP contribution in [0.3, 0.4) is 0 Å². The van der Waals surface area contributed by atoms with Crippen LogP contribution in [0, 0.1) is 0 Å². The van der Waals surface area contributed by atoms with Gasteiger partial charge >= 0.3 is 0 Å². The monoisotopic (exact) mass is 407 g/mol. The highest BCUT2D eigenvalue weighted by molar-refractivity contribution is 7.26. The molecule has 0 radical (unpaired) electrons. The molecule has 0 bridgehead atoms. The number of hydrogen-bond donors (Lipinski definition) is 0. The third-order valence-corrected chi connectivity index (χ3v) is 7.08. The van der Waals surface area contributed by atoms with Crippen LogP contribution in [0.2, 0.25) is 0 Å². The average molecular weight is 408 g/mol. The molecule has 0 fully saturated rings. The van der Waals surface area contributed by atoms with E-state index >= 15 is 0 Å². The summed E-state index contributed by atoms with van der Waals surface area (Å²) in [6.45, 7) is 6.83. The summed E-state index contributed by atoms with van der Waals surface area (Å²) in [7, 11) is 0. The molecule has 0 aliphatic heterocycles. The molecule has 0 saturated heterocycles. The fourth-order valence-electron chi connectivity index (χ4n) is 4.49. The van der Waals surface area contributed by atoms with E-state index in [1.807, 2.05) is 12.3 Å². The van der Waals surface area contributed by atoms with Gasteiger partial charge in [-0.3, -0.25) is 4.98 Å². The minimum atomic E-state index is 0.0422. The topological polar surface area (TPSA) is 26.0 Å². The standard InChI is InChI=1S/C27H21NOS/c1-27(2,3)21-15-18(14-17-6-4-5-7-19(17)21)24-23-20-9-8-16-11-13-29-25(16)26(20)30-22(23)10-12-28-24/h4-15H,1-3H3. The molecule has 0 aliphatic rings. The second-order valence-corrected chi connectivity index (χ2v) is 9.96. The molecule has 0 atom stereocenters. The van der Waals surface area contributed by atoms with Crippen molar-refractivity contribution < 1.29 is 4.42 Å². The highest BCUT2D eigenvalue weighted by atomic mass is 32.1. The van der Waals surface area contributed by atoms with E-state index in [1.54, 1.807) is 17.6 Å². The first kappa shape index (κ1) is 17.7. The van der Waals surface area contributed by atoms with Crippen molar-refractivity contribution in [3.63, 3.8) is 0 Å². The largest absolute Gasteiger partial charge is 0.463 e. The Hall–Kier alpha value is -3.17. The molecular weight excluding hydrogens is 386 g/mol. The summed E-state index contributed by atoms with van der Waals surface area (Å²) < 4.78 is 8.25. The fourth-order valence-corrected chi connectivity index (χ4v) is 5.69. The van der Waals surface area contributed by atoms with Crippen LogP contribution in [0.1, 0.15) is 26.3 Å². The molecule has 3 heterocycles. The Bertz CT molecular complexity index is 1580. The van der Waals surface area contributed by atoms with Crippen molar-refractivity contribution >= 4 is 53.3 Å². The van der Waals surface area contributed by atoms with Gasteiger partial charge in [-0.25, -0.2) is 0 Å². The average Bonchev–Trinajstić information content (AvgIpc) is 3.36. The summed E-state index contributed by atoms with van der Waals surface area (Å²) in [5.41, 5.74) is 4.57. The van der Waals surface area contributed by atoms with Gasteiger partial charge in [0.2, 0.25) is 0 Å². The first-order valence-electron chi connectivity index (χ1n) is 10.2. The second-order valence-electron chi connectivity index (χ2n) is 8.91. The van der Waals surface area contributed by atoms with Crippen LogP contribution >= 0.6 is 11.3 Å². The summed E-state index contributed by atoms with van der Waals surface area (Å²) in [6.07, 6.45) is 3.70. The third kappa shape index (κ3) is 2.52. The zero-order valence-electron chi connectivity index (χ0n) is 17.2. The van der Waals surface area contributed by atoms with Crippen molar-refractivity contribution in [2.75, 3.05) is 0 Å². The van der Waals surface area contributed by atoms with Gasteiger partial charge in [-0.05, 0) is 46.0 Å². The van der Waals surface area contributed by atoms with Crippen LogP contribution in [0.25, 0.3) is 53.2 Å². The van der Waals surface area contributed by atoms with Crippen molar-refractivity contribution in [1.29, 1.82) is 0 Å². The Kier molecular flexibility index (Phi) is 3.63. The van der Waals surface area contributed by atoms with Crippen molar-refractivity contribution in [2.24, 2.45) is 0 Å². The fraction of sp³-hybridized carbons (Fsp3) is 0.148. The summed E-state index contributed by atoms with van der Waals surface area (Å²) in [5.74, 6) is 0. The maximum absolute atomic E-state index is 5.82. The Labute approximate surface area is 178 Å². The Morgan fingerprint density at radius 3 is 2.60 bits per heavy atom. The van der Waals surface area contributed by atoms with E-state index in [-0.39, 0.29) is 5.41 Å². The van der Waals surface area contributed by atoms with Gasteiger partial charge in [0, 0.05) is 32.6 Å². The molecule has 0 amide bonds. The van der Waals surface area contributed by atoms with E-state index in [9.17, 15) is 0 Å². The molecule has 3 heteroatoms. The normalized spacial score (nSPS) is 12.5. The number of rotatable bonds is 1. The van der Waals surface area contributed by atoms with Crippen molar-refractivity contribution in [3.05, 3.63) is 78.7 Å². The highest BCUT2D eigenvalue weighted by Crippen LogP contribution is 2.43. The number of thiophene rings is 1. The van der Waals surface area contributed by atoms with Crippen LogP contribution in [0.15, 0.2) is 77.5 Å². The Balaban J connectivity index is 1.73. The van der Waals surface area contributed by atoms with Gasteiger partial charge in [0.05, 0.1) is 16.7 Å². The van der Waals surface area contributed by atoms with Gasteiger partial charge in [0.1, 0.15) is 0 Å². The second kappa shape index (κ2) is 6.16. The zero-order chi connectivity index (χ0) is 20.5. The molecular formula is C27H21NOS. The van der Waals surface area contributed by atoms with E-state index in [2.05, 4.69) is 75.4 Å². The number of benzene rings is 3. The van der Waals surface area contributed by atoms with Crippen LogP contribution in [0.4, 0.5) is 0 Å². The number of pyridine rings is 1. The highest BCUT2D eigenvalue weighted by Gasteiger charge is 2.20. The zero-order valence-corrected chi connectivity index (χ0v) is 18.0. The van der Waals surface area contributed by atoms with E-state index in [1.165, 1.54) is 42.1 Å². The van der Waals surface area contributed by atoms with Gasteiger partial charge in [-0.2, -0.15) is 0 Å². The number of fused-ring (bicyclic) bond motifs is 6. The molecule has 30 heavy (non-hydrogen) atoms. The summed E-state index contributed by atoms with van der Waals surface area (Å²) in [6, 6.07) is 21.8. The molecule has 6 rings (SSSR count). The number of nitrogens with zero attached hydrogens (tertiary/aromatic N) is 1. The van der Waals surface area contributed by atoms with Crippen LogP contribution < -0.4 is 0 Å². The van der Waals surface area contributed by atoms with Crippen LogP contribution in [-0.4, -0.2) is 4.98 Å². The van der Waals surface area contributed by atoms with E-state index in [0.717, 1.165) is 16.7 Å². The Morgan fingerprint density at radius 1 is 0.867 bits per heavy atom. The maximum atomic E-state index is 5.82. The van der Waals surface area contributed by atoms with Crippen molar-refractivity contribution in [3.8, 4) is 11.3 Å². The van der Waals surface area contributed by atoms with Gasteiger partial charge in [-0.15, -0.1) is 11.3 Å². The molecule has 0 unspecified atom stereocenters. The first-order valence-corrected chi connectivity index (χ1v) is 11.0. The molecule has 146 valence electrons. The lowest BCUT2D eigenvalue weighted by Crippen LogP contribution is -2.12. The van der Waals surface area contributed by atoms with E-state index in [0.29, 0.717) is 0 Å². The lowest BCUT2D eigenvalue weighted by molar-refractivity contribution is 0.596. The predicted octanol–water partition coefficient (Wildman–Crippen LogP) is 8.31. The molecule has 0 saturated carbocycles. The van der Waals surface area contributed by atoms with E-state index in [4.69, 9.17) is 9.40 Å². The SMILES string of the molecule is CC(C)(C)c1cc(-c2nccc3sc4c(ccc5ccoc54)c23)cc2ccccc12. The molecule has 6 aromatic rings. The van der Waals surface area contributed by atoms with Crippen molar-refractivity contribution in [1.82, 2.24) is 4.98 Å².